The number of nitrogens with zero attached hydrogens (tertiary/aromatic N) is 2. The van der Waals surface area contributed by atoms with E-state index in [-0.39, 0.29) is 5.91 Å². The van der Waals surface area contributed by atoms with Crippen LogP contribution < -0.4 is 5.73 Å². The van der Waals surface area contributed by atoms with E-state index in [2.05, 4.69) is 11.8 Å². The number of carbonyl (C=O) groups is 1. The highest BCUT2D eigenvalue weighted by atomic mass is 32.1. The first kappa shape index (κ1) is 16.7. The number of hydrogen-bond donors (Lipinski definition) is 1. The second kappa shape index (κ2) is 7.54. The van der Waals surface area contributed by atoms with Crippen molar-refractivity contribution in [1.82, 2.24) is 9.80 Å². The molecular formula is C16H29N3OS. The maximum Gasteiger partial charge on any atom is 0.235 e. The second-order valence-corrected chi connectivity index (χ2v) is 6.93. The summed E-state index contributed by atoms with van der Waals surface area (Å²) >= 11 is 5.32. The summed E-state index contributed by atoms with van der Waals surface area (Å²) in [7, 11) is 0. The Kier molecular flexibility index (Phi) is 5.99. The van der Waals surface area contributed by atoms with E-state index in [0.29, 0.717) is 4.99 Å². The molecule has 4 nitrogen and oxygen atoms in total. The zero-order valence-electron chi connectivity index (χ0n) is 13.3. The summed E-state index contributed by atoms with van der Waals surface area (Å²) in [6, 6.07) is 0. The predicted octanol–water partition coefficient (Wildman–Crippen LogP) is 2.17. The Balaban J connectivity index is 2.04. The molecule has 2 rings (SSSR count). The van der Waals surface area contributed by atoms with Gasteiger partial charge in [0.1, 0.15) is 0 Å². The summed E-state index contributed by atoms with van der Waals surface area (Å²) in [5, 5.41) is 0. The minimum absolute atomic E-state index is 0.202. The van der Waals surface area contributed by atoms with E-state index in [1.165, 1.54) is 19.3 Å². The van der Waals surface area contributed by atoms with E-state index in [0.717, 1.165) is 58.4 Å². The lowest BCUT2D eigenvalue weighted by Gasteiger charge is -2.40. The molecule has 0 aromatic carbocycles. The fourth-order valence-corrected chi connectivity index (χ4v) is 3.98. The highest BCUT2D eigenvalue weighted by molar-refractivity contribution is 7.80. The monoisotopic (exact) mass is 311 g/mol. The van der Waals surface area contributed by atoms with Crippen LogP contribution >= 0.6 is 12.2 Å². The molecule has 1 amide bonds. The largest absolute Gasteiger partial charge is 0.392 e. The van der Waals surface area contributed by atoms with Crippen LogP contribution in [0.2, 0.25) is 0 Å². The van der Waals surface area contributed by atoms with Crippen LogP contribution in [0, 0.1) is 5.41 Å². The zero-order chi connectivity index (χ0) is 15.3. The van der Waals surface area contributed by atoms with Gasteiger partial charge in [0, 0.05) is 26.2 Å². The first-order chi connectivity index (χ1) is 10.1. The molecule has 120 valence electrons. The van der Waals surface area contributed by atoms with Gasteiger partial charge in [-0.1, -0.05) is 44.8 Å². The van der Waals surface area contributed by atoms with Gasteiger partial charge < -0.3 is 10.6 Å². The Morgan fingerprint density at radius 3 is 2.14 bits per heavy atom. The highest BCUT2D eigenvalue weighted by Crippen LogP contribution is 2.37. The molecule has 0 radical (unpaired) electrons. The molecule has 2 fully saturated rings. The Labute approximate surface area is 134 Å². The number of piperazine rings is 1. The van der Waals surface area contributed by atoms with Crippen molar-refractivity contribution in [2.75, 3.05) is 32.7 Å². The molecule has 0 unspecified atom stereocenters. The Bertz CT molecular complexity index is 370. The van der Waals surface area contributed by atoms with E-state index in [1.807, 2.05) is 4.90 Å². The maximum atomic E-state index is 13.1. The minimum atomic E-state index is -0.557. The van der Waals surface area contributed by atoms with Crippen molar-refractivity contribution in [3.05, 3.63) is 0 Å². The van der Waals surface area contributed by atoms with Gasteiger partial charge in [0.05, 0.1) is 10.4 Å². The number of hydrogen-bond acceptors (Lipinski definition) is 3. The summed E-state index contributed by atoms with van der Waals surface area (Å²) in [5.74, 6) is 0.202. The van der Waals surface area contributed by atoms with E-state index in [9.17, 15) is 4.79 Å². The standard InChI is InChI=1S/C16H29N3OS/c1-2-9-18-10-12-19(13-11-18)15(20)16(14(17)21)7-5-3-4-6-8-16/h2-13H2,1H3,(H2,17,21). The van der Waals surface area contributed by atoms with Gasteiger partial charge in [-0.2, -0.15) is 0 Å². The van der Waals surface area contributed by atoms with Gasteiger partial charge in [-0.3, -0.25) is 9.69 Å². The molecule has 2 N–H and O–H groups in total. The molecule has 0 aromatic rings. The first-order valence-corrected chi connectivity index (χ1v) is 8.82. The maximum absolute atomic E-state index is 13.1. The van der Waals surface area contributed by atoms with Crippen LogP contribution in [0.1, 0.15) is 51.9 Å². The molecule has 1 aliphatic carbocycles. The van der Waals surface area contributed by atoms with Crippen LogP contribution in [-0.4, -0.2) is 53.4 Å². The molecule has 0 atom stereocenters. The quantitative estimate of drug-likeness (QED) is 0.638. The first-order valence-electron chi connectivity index (χ1n) is 8.42. The topological polar surface area (TPSA) is 49.6 Å². The van der Waals surface area contributed by atoms with Crippen molar-refractivity contribution in [2.45, 2.75) is 51.9 Å². The van der Waals surface area contributed by atoms with Crippen molar-refractivity contribution in [2.24, 2.45) is 11.1 Å². The molecule has 1 saturated heterocycles. The van der Waals surface area contributed by atoms with E-state index in [1.54, 1.807) is 0 Å². The van der Waals surface area contributed by atoms with Crippen molar-refractivity contribution in [3.8, 4) is 0 Å². The fourth-order valence-electron chi connectivity index (χ4n) is 3.69. The lowest BCUT2D eigenvalue weighted by Crippen LogP contribution is -2.56. The third kappa shape index (κ3) is 3.75. The van der Waals surface area contributed by atoms with Crippen molar-refractivity contribution in [3.63, 3.8) is 0 Å². The van der Waals surface area contributed by atoms with Gasteiger partial charge in [0.15, 0.2) is 0 Å². The van der Waals surface area contributed by atoms with E-state index in [4.69, 9.17) is 18.0 Å². The normalized spacial score (nSPS) is 23.6. The number of carbonyl (C=O) groups excluding carboxylic acids is 1. The summed E-state index contributed by atoms with van der Waals surface area (Å²) < 4.78 is 0. The molecule has 5 heteroatoms. The number of amides is 1. The lowest BCUT2D eigenvalue weighted by atomic mass is 9.78. The van der Waals surface area contributed by atoms with Gasteiger partial charge in [-0.15, -0.1) is 0 Å². The summed E-state index contributed by atoms with van der Waals surface area (Å²) in [6.45, 7) is 6.93. The third-order valence-electron chi connectivity index (χ3n) is 5.04. The van der Waals surface area contributed by atoms with Crippen LogP contribution in [0.5, 0.6) is 0 Å². The second-order valence-electron chi connectivity index (χ2n) is 6.49. The molecule has 0 aromatic heterocycles. The summed E-state index contributed by atoms with van der Waals surface area (Å²) in [5.41, 5.74) is 5.47. The summed E-state index contributed by atoms with van der Waals surface area (Å²) in [4.78, 5) is 17.9. The number of rotatable bonds is 4. The minimum Gasteiger partial charge on any atom is -0.392 e. The van der Waals surface area contributed by atoms with Gasteiger partial charge in [-0.25, -0.2) is 0 Å². The Morgan fingerprint density at radius 1 is 1.10 bits per heavy atom. The molecule has 1 aliphatic heterocycles. The van der Waals surface area contributed by atoms with Crippen molar-refractivity contribution < 1.29 is 4.79 Å². The molecule has 21 heavy (non-hydrogen) atoms. The fraction of sp³-hybridized carbons (Fsp3) is 0.875. The molecule has 0 bridgehead atoms. The van der Waals surface area contributed by atoms with Gasteiger partial charge in [-0.05, 0) is 25.8 Å². The van der Waals surface area contributed by atoms with E-state index < -0.39 is 5.41 Å². The number of thiocarbonyl (C=S) groups is 1. The van der Waals surface area contributed by atoms with Crippen LogP contribution in [0.4, 0.5) is 0 Å². The molecular weight excluding hydrogens is 282 g/mol. The lowest BCUT2D eigenvalue weighted by molar-refractivity contribution is -0.140. The highest BCUT2D eigenvalue weighted by Gasteiger charge is 2.44. The predicted molar refractivity (Wildman–Crippen MR) is 90.2 cm³/mol. The van der Waals surface area contributed by atoms with Crippen molar-refractivity contribution in [1.29, 1.82) is 0 Å². The van der Waals surface area contributed by atoms with Gasteiger partial charge in [0.25, 0.3) is 0 Å². The van der Waals surface area contributed by atoms with Crippen LogP contribution in [0.3, 0.4) is 0 Å². The smallest absolute Gasteiger partial charge is 0.235 e. The average molecular weight is 311 g/mol. The number of nitrogens with two attached hydrogens (primary N) is 1. The Morgan fingerprint density at radius 2 is 1.67 bits per heavy atom. The molecule has 0 spiro atoms. The summed E-state index contributed by atoms with van der Waals surface area (Å²) in [6.07, 6.45) is 7.39. The van der Waals surface area contributed by atoms with Gasteiger partial charge in [0.2, 0.25) is 5.91 Å². The average Bonchev–Trinajstić information content (AvgIpc) is 2.74. The van der Waals surface area contributed by atoms with Crippen LogP contribution in [0.15, 0.2) is 0 Å². The molecule has 2 aliphatic rings. The van der Waals surface area contributed by atoms with Crippen molar-refractivity contribution >= 4 is 23.1 Å². The van der Waals surface area contributed by atoms with Crippen LogP contribution in [-0.2, 0) is 4.79 Å². The Hall–Kier alpha value is -0.680. The van der Waals surface area contributed by atoms with Gasteiger partial charge >= 0.3 is 0 Å². The molecule has 1 saturated carbocycles. The third-order valence-corrected chi connectivity index (χ3v) is 5.43. The SMILES string of the molecule is CCCN1CCN(C(=O)C2(C(N)=S)CCCCCC2)CC1. The van der Waals surface area contributed by atoms with Crippen LogP contribution in [0.25, 0.3) is 0 Å². The molecule has 1 heterocycles. The zero-order valence-corrected chi connectivity index (χ0v) is 14.1. The van der Waals surface area contributed by atoms with E-state index >= 15 is 0 Å².